The van der Waals surface area contributed by atoms with Gasteiger partial charge in [-0.05, 0) is 26.0 Å². The van der Waals surface area contributed by atoms with E-state index in [1.165, 1.54) is 18.7 Å². The third-order valence-corrected chi connectivity index (χ3v) is 5.35. The van der Waals surface area contributed by atoms with Crippen LogP contribution < -0.4 is 16.0 Å². The molecular weight excluding hydrogens is 390 g/mol. The molecule has 30 heavy (non-hydrogen) atoms. The summed E-state index contributed by atoms with van der Waals surface area (Å²) in [7, 11) is 4.31. The van der Waals surface area contributed by atoms with E-state index in [-0.39, 0.29) is 11.2 Å². The summed E-state index contributed by atoms with van der Waals surface area (Å²) in [5.74, 6) is 0.479. The molecule has 0 amide bonds. The number of aryl methyl sites for hydroxylation is 2. The largest absolute Gasteiger partial charge is 0.497 e. The highest BCUT2D eigenvalue weighted by Crippen LogP contribution is 2.26. The van der Waals surface area contributed by atoms with E-state index in [1.807, 2.05) is 42.7 Å². The molecule has 3 aromatic heterocycles. The van der Waals surface area contributed by atoms with E-state index in [4.69, 9.17) is 4.74 Å². The number of hydrogen-bond donors (Lipinski definition) is 0. The highest BCUT2D eigenvalue weighted by atomic mass is 16.5. The molecule has 0 aliphatic carbocycles. The van der Waals surface area contributed by atoms with Gasteiger partial charge < -0.3 is 9.47 Å². The number of rotatable bonds is 4. The number of carbonyl (C=O) groups excluding carboxylic acids is 1. The summed E-state index contributed by atoms with van der Waals surface area (Å²) in [6.45, 7) is 3.32. The normalized spacial score (nSPS) is 11.4. The number of methoxy groups -OCH3 is 2. The van der Waals surface area contributed by atoms with E-state index in [2.05, 4.69) is 9.72 Å². The van der Waals surface area contributed by atoms with Gasteiger partial charge in [0, 0.05) is 24.5 Å². The van der Waals surface area contributed by atoms with Crippen LogP contribution >= 0.6 is 0 Å². The van der Waals surface area contributed by atoms with Crippen molar-refractivity contribution < 1.29 is 14.3 Å². The van der Waals surface area contributed by atoms with Crippen molar-refractivity contribution in [3.05, 3.63) is 56.5 Å². The van der Waals surface area contributed by atoms with Crippen molar-refractivity contribution >= 4 is 22.9 Å². The lowest BCUT2D eigenvalue weighted by Gasteiger charge is -2.08. The fourth-order valence-electron chi connectivity index (χ4n) is 3.64. The van der Waals surface area contributed by atoms with Crippen LogP contribution in [0.3, 0.4) is 0 Å². The fraction of sp³-hybridized carbons (Fsp3) is 0.300. The quantitative estimate of drug-likeness (QED) is 0.463. The van der Waals surface area contributed by atoms with E-state index in [0.717, 1.165) is 21.6 Å². The van der Waals surface area contributed by atoms with Crippen LogP contribution in [0.2, 0.25) is 0 Å². The van der Waals surface area contributed by atoms with Crippen LogP contribution in [-0.4, -0.2) is 43.3 Å². The first-order valence-corrected chi connectivity index (χ1v) is 9.21. The maximum absolute atomic E-state index is 13.2. The molecule has 0 saturated heterocycles. The monoisotopic (exact) mass is 411 g/mol. The van der Waals surface area contributed by atoms with Crippen LogP contribution in [0.1, 0.15) is 11.4 Å². The van der Waals surface area contributed by atoms with Crippen LogP contribution in [0.4, 0.5) is 0 Å². The SMILES string of the molecule is COC(=O)Cn1c(=O)c2c(nc3n(-c4cccc(OC)c4)c(C)c(C)n23)n(C)c1=O. The van der Waals surface area contributed by atoms with Gasteiger partial charge in [0.15, 0.2) is 11.2 Å². The molecule has 0 aliphatic heterocycles. The van der Waals surface area contributed by atoms with Gasteiger partial charge in [0.1, 0.15) is 12.3 Å². The Morgan fingerprint density at radius 1 is 1.13 bits per heavy atom. The van der Waals surface area contributed by atoms with Gasteiger partial charge in [-0.1, -0.05) is 6.07 Å². The summed E-state index contributed by atoms with van der Waals surface area (Å²) >= 11 is 0. The van der Waals surface area contributed by atoms with E-state index < -0.39 is 23.8 Å². The lowest BCUT2D eigenvalue weighted by molar-refractivity contribution is -0.141. The van der Waals surface area contributed by atoms with Gasteiger partial charge in [0.25, 0.3) is 5.56 Å². The van der Waals surface area contributed by atoms with Crippen molar-refractivity contribution in [2.75, 3.05) is 14.2 Å². The molecule has 0 N–H and O–H groups in total. The lowest BCUT2D eigenvalue weighted by atomic mass is 10.3. The average molecular weight is 411 g/mol. The molecule has 10 heteroatoms. The van der Waals surface area contributed by atoms with Gasteiger partial charge in [-0.25, -0.2) is 9.36 Å². The second-order valence-electron chi connectivity index (χ2n) is 6.94. The third kappa shape index (κ3) is 2.64. The zero-order chi connectivity index (χ0) is 21.7. The van der Waals surface area contributed by atoms with E-state index >= 15 is 0 Å². The lowest BCUT2D eigenvalue weighted by Crippen LogP contribution is -2.41. The highest BCUT2D eigenvalue weighted by Gasteiger charge is 2.24. The molecule has 0 saturated carbocycles. The second-order valence-corrected chi connectivity index (χ2v) is 6.94. The maximum atomic E-state index is 13.2. The Bertz CT molecular complexity index is 1440. The summed E-state index contributed by atoms with van der Waals surface area (Å²) in [6.07, 6.45) is 0. The second kappa shape index (κ2) is 6.90. The van der Waals surface area contributed by atoms with Gasteiger partial charge >= 0.3 is 11.7 Å². The smallest absolute Gasteiger partial charge is 0.333 e. The topological polar surface area (TPSA) is 102 Å². The predicted molar refractivity (Wildman–Crippen MR) is 110 cm³/mol. The van der Waals surface area contributed by atoms with Crippen LogP contribution in [0.5, 0.6) is 5.75 Å². The summed E-state index contributed by atoms with van der Waals surface area (Å²) in [6, 6.07) is 7.47. The minimum absolute atomic E-state index is 0.221. The molecule has 0 radical (unpaired) electrons. The molecule has 4 rings (SSSR count). The number of carbonyl (C=O) groups is 1. The van der Waals surface area contributed by atoms with Crippen molar-refractivity contribution in [1.82, 2.24) is 23.1 Å². The van der Waals surface area contributed by atoms with E-state index in [1.54, 1.807) is 11.5 Å². The number of aromatic nitrogens is 5. The van der Waals surface area contributed by atoms with Crippen molar-refractivity contribution in [2.45, 2.75) is 20.4 Å². The number of ether oxygens (including phenoxy) is 2. The van der Waals surface area contributed by atoms with Crippen LogP contribution in [0.25, 0.3) is 22.6 Å². The molecule has 0 unspecified atom stereocenters. The van der Waals surface area contributed by atoms with Gasteiger partial charge in [-0.2, -0.15) is 4.98 Å². The standard InChI is InChI=1S/C20H21N5O5/c1-11-12(2)25-16-17(22(3)20(28)23(18(16)27)10-15(26)30-5)21-19(25)24(11)13-7-6-8-14(9-13)29-4/h6-9H,10H2,1-5H3. The Kier molecular flexibility index (Phi) is 4.49. The Morgan fingerprint density at radius 3 is 2.53 bits per heavy atom. The number of benzene rings is 1. The highest BCUT2D eigenvalue weighted by molar-refractivity contribution is 5.78. The van der Waals surface area contributed by atoms with Gasteiger partial charge in [0.2, 0.25) is 5.78 Å². The Labute approximate surface area is 170 Å². The molecule has 156 valence electrons. The van der Waals surface area contributed by atoms with Crippen LogP contribution in [0, 0.1) is 13.8 Å². The molecule has 0 atom stereocenters. The average Bonchev–Trinajstić information content (AvgIpc) is 3.25. The first-order chi connectivity index (χ1) is 14.3. The first-order valence-electron chi connectivity index (χ1n) is 9.21. The summed E-state index contributed by atoms with van der Waals surface area (Å²) < 4.78 is 15.7. The molecule has 4 aromatic rings. The van der Waals surface area contributed by atoms with E-state index in [0.29, 0.717) is 11.5 Å². The number of esters is 1. The summed E-state index contributed by atoms with van der Waals surface area (Å²) in [5, 5.41) is 0. The number of imidazole rings is 2. The molecule has 0 aliphatic rings. The Morgan fingerprint density at radius 2 is 1.87 bits per heavy atom. The molecule has 0 fully saturated rings. The van der Waals surface area contributed by atoms with E-state index in [9.17, 15) is 14.4 Å². The summed E-state index contributed by atoms with van der Waals surface area (Å²) in [5.41, 5.74) is 1.69. The minimum atomic E-state index is -0.684. The van der Waals surface area contributed by atoms with Crippen LogP contribution in [0.15, 0.2) is 33.9 Å². The maximum Gasteiger partial charge on any atom is 0.333 e. The molecule has 3 heterocycles. The molecule has 0 bridgehead atoms. The zero-order valence-corrected chi connectivity index (χ0v) is 17.3. The van der Waals surface area contributed by atoms with Gasteiger partial charge in [0.05, 0.1) is 19.9 Å². The third-order valence-electron chi connectivity index (χ3n) is 5.35. The Balaban J connectivity index is 2.12. The summed E-state index contributed by atoms with van der Waals surface area (Å²) in [4.78, 5) is 42.2. The minimum Gasteiger partial charge on any atom is -0.497 e. The molecular formula is C20H21N5O5. The van der Waals surface area contributed by atoms with Crippen LogP contribution in [-0.2, 0) is 23.1 Å². The molecule has 10 nitrogen and oxygen atoms in total. The van der Waals surface area contributed by atoms with Gasteiger partial charge in [-0.3, -0.25) is 23.1 Å². The number of nitrogens with zero attached hydrogens (tertiary/aromatic N) is 5. The fourth-order valence-corrected chi connectivity index (χ4v) is 3.64. The number of hydrogen-bond acceptors (Lipinski definition) is 6. The first kappa shape index (κ1) is 19.5. The number of fused-ring (bicyclic) bond motifs is 3. The zero-order valence-electron chi connectivity index (χ0n) is 17.3. The predicted octanol–water partition coefficient (Wildman–Crippen LogP) is 0.937. The van der Waals surface area contributed by atoms with Crippen molar-refractivity contribution in [3.63, 3.8) is 0 Å². The van der Waals surface area contributed by atoms with Crippen molar-refractivity contribution in [3.8, 4) is 11.4 Å². The Hall–Kier alpha value is -3.82. The van der Waals surface area contributed by atoms with Crippen molar-refractivity contribution in [2.24, 2.45) is 7.05 Å². The van der Waals surface area contributed by atoms with Gasteiger partial charge in [-0.15, -0.1) is 0 Å². The molecule has 0 spiro atoms. The molecule has 1 aromatic carbocycles. The van der Waals surface area contributed by atoms with Crippen molar-refractivity contribution in [1.29, 1.82) is 0 Å².